The smallest absolute Gasteiger partial charge is 0.172 e. The highest BCUT2D eigenvalue weighted by Gasteiger charge is 2.18. The van der Waals surface area contributed by atoms with Gasteiger partial charge in [0.25, 0.3) is 0 Å². The molecule has 80 valence electrons. The summed E-state index contributed by atoms with van der Waals surface area (Å²) in [5.74, 6) is 0. The zero-order chi connectivity index (χ0) is 11.2. The largest absolute Gasteiger partial charge is 0.231 e. The van der Waals surface area contributed by atoms with Gasteiger partial charge in [-0.25, -0.2) is 9.50 Å². The van der Waals surface area contributed by atoms with E-state index in [0.29, 0.717) is 5.02 Å². The Bertz CT molecular complexity index is 508. The molecule has 3 nitrogen and oxygen atoms in total. The van der Waals surface area contributed by atoms with E-state index in [1.807, 2.05) is 19.2 Å². The van der Waals surface area contributed by atoms with Crippen molar-refractivity contribution >= 4 is 17.2 Å². The topological polar surface area (TPSA) is 30.2 Å². The molecule has 0 aliphatic heterocycles. The molecular formula is C11H14ClN3. The van der Waals surface area contributed by atoms with Crippen molar-refractivity contribution in [3.05, 3.63) is 28.7 Å². The summed E-state index contributed by atoms with van der Waals surface area (Å²) in [6.07, 6.45) is 1.89. The summed E-state index contributed by atoms with van der Waals surface area (Å²) in [7, 11) is 0. The number of aromatic nitrogens is 3. The summed E-state index contributed by atoms with van der Waals surface area (Å²) in [6, 6.07) is 1.89. The van der Waals surface area contributed by atoms with Crippen molar-refractivity contribution in [1.82, 2.24) is 14.6 Å². The Morgan fingerprint density at radius 2 is 2.00 bits per heavy atom. The molecule has 0 aromatic carbocycles. The second kappa shape index (κ2) is 3.20. The van der Waals surface area contributed by atoms with Crippen LogP contribution in [0, 0.1) is 6.92 Å². The normalized spacial score (nSPS) is 12.3. The number of rotatable bonds is 0. The average Bonchev–Trinajstić information content (AvgIpc) is 2.44. The molecule has 4 heteroatoms. The lowest BCUT2D eigenvalue weighted by atomic mass is 9.92. The third-order valence-corrected chi connectivity index (χ3v) is 2.55. The van der Waals surface area contributed by atoms with Crippen LogP contribution in [0.4, 0.5) is 0 Å². The van der Waals surface area contributed by atoms with Crippen LogP contribution in [0.2, 0.25) is 5.02 Å². The standard InChI is InChI=1S/C11H14ClN3/c1-7-6-15-10(13-7)8(12)5-9(14-15)11(2,3)4/h5-6H,1-4H3. The highest BCUT2D eigenvalue weighted by molar-refractivity contribution is 6.33. The van der Waals surface area contributed by atoms with Gasteiger partial charge in [-0.3, -0.25) is 0 Å². The molecule has 0 bridgehead atoms. The third kappa shape index (κ3) is 1.84. The summed E-state index contributed by atoms with van der Waals surface area (Å²) in [4.78, 5) is 4.30. The quantitative estimate of drug-likeness (QED) is 0.687. The van der Waals surface area contributed by atoms with E-state index in [9.17, 15) is 0 Å². The zero-order valence-corrected chi connectivity index (χ0v) is 10.1. The van der Waals surface area contributed by atoms with Crippen molar-refractivity contribution in [2.45, 2.75) is 33.1 Å². The number of hydrogen-bond acceptors (Lipinski definition) is 2. The highest BCUT2D eigenvalue weighted by Crippen LogP contribution is 2.25. The fourth-order valence-electron chi connectivity index (χ4n) is 1.42. The second-order valence-corrected chi connectivity index (χ2v) is 5.19. The number of halogens is 1. The van der Waals surface area contributed by atoms with Crippen LogP contribution < -0.4 is 0 Å². The van der Waals surface area contributed by atoms with Gasteiger partial charge in [0.15, 0.2) is 5.65 Å². The molecule has 0 atom stereocenters. The van der Waals surface area contributed by atoms with Crippen LogP contribution in [0.1, 0.15) is 32.2 Å². The van der Waals surface area contributed by atoms with Crippen LogP contribution in [0.15, 0.2) is 12.3 Å². The van der Waals surface area contributed by atoms with E-state index < -0.39 is 0 Å². The molecule has 2 aromatic heterocycles. The summed E-state index contributed by atoms with van der Waals surface area (Å²) in [5, 5.41) is 5.15. The number of nitrogens with zero attached hydrogens (tertiary/aromatic N) is 3. The molecule has 0 radical (unpaired) electrons. The lowest BCUT2D eigenvalue weighted by Crippen LogP contribution is -2.15. The van der Waals surface area contributed by atoms with E-state index in [1.54, 1.807) is 4.52 Å². The van der Waals surface area contributed by atoms with Gasteiger partial charge in [0.05, 0.1) is 22.6 Å². The van der Waals surface area contributed by atoms with E-state index in [1.165, 1.54) is 0 Å². The minimum Gasteiger partial charge on any atom is -0.231 e. The van der Waals surface area contributed by atoms with Gasteiger partial charge in [-0.05, 0) is 13.0 Å². The van der Waals surface area contributed by atoms with Gasteiger partial charge in [0.2, 0.25) is 0 Å². The van der Waals surface area contributed by atoms with Gasteiger partial charge < -0.3 is 0 Å². The maximum Gasteiger partial charge on any atom is 0.172 e. The first-order valence-corrected chi connectivity index (χ1v) is 5.29. The Kier molecular flexibility index (Phi) is 2.23. The van der Waals surface area contributed by atoms with E-state index in [-0.39, 0.29) is 5.41 Å². The fourth-order valence-corrected chi connectivity index (χ4v) is 1.65. The molecule has 0 spiro atoms. The molecule has 0 aliphatic rings. The van der Waals surface area contributed by atoms with Gasteiger partial charge in [-0.2, -0.15) is 5.10 Å². The summed E-state index contributed by atoms with van der Waals surface area (Å²) in [5.41, 5.74) is 2.62. The average molecular weight is 224 g/mol. The molecule has 2 aromatic rings. The van der Waals surface area contributed by atoms with Crippen molar-refractivity contribution < 1.29 is 0 Å². The summed E-state index contributed by atoms with van der Waals surface area (Å²) >= 11 is 6.16. The summed E-state index contributed by atoms with van der Waals surface area (Å²) < 4.78 is 1.75. The number of hydrogen-bond donors (Lipinski definition) is 0. The van der Waals surface area contributed by atoms with E-state index >= 15 is 0 Å². The molecule has 0 aliphatic carbocycles. The van der Waals surface area contributed by atoms with E-state index in [2.05, 4.69) is 30.9 Å². The molecular weight excluding hydrogens is 210 g/mol. The first-order chi connectivity index (χ1) is 6.88. The van der Waals surface area contributed by atoms with Crippen LogP contribution in [0.25, 0.3) is 5.65 Å². The second-order valence-electron chi connectivity index (χ2n) is 4.78. The number of fused-ring (bicyclic) bond motifs is 1. The molecule has 2 heterocycles. The Balaban J connectivity index is 2.72. The number of aryl methyl sites for hydroxylation is 1. The van der Waals surface area contributed by atoms with E-state index in [0.717, 1.165) is 17.0 Å². The predicted octanol–water partition coefficient (Wildman–Crippen LogP) is 2.99. The summed E-state index contributed by atoms with van der Waals surface area (Å²) in [6.45, 7) is 8.27. The van der Waals surface area contributed by atoms with Crippen molar-refractivity contribution in [3.63, 3.8) is 0 Å². The Morgan fingerprint density at radius 3 is 2.60 bits per heavy atom. The fraction of sp³-hybridized carbons (Fsp3) is 0.455. The van der Waals surface area contributed by atoms with Gasteiger partial charge in [-0.15, -0.1) is 0 Å². The van der Waals surface area contributed by atoms with Crippen molar-refractivity contribution in [1.29, 1.82) is 0 Å². The van der Waals surface area contributed by atoms with Crippen LogP contribution in [-0.4, -0.2) is 14.6 Å². The Hall–Kier alpha value is -1.09. The minimum absolute atomic E-state index is 0.00396. The first-order valence-electron chi connectivity index (χ1n) is 4.91. The van der Waals surface area contributed by atoms with Gasteiger partial charge in [0.1, 0.15) is 0 Å². The van der Waals surface area contributed by atoms with Crippen LogP contribution in [0.3, 0.4) is 0 Å². The minimum atomic E-state index is -0.00396. The number of imidazole rings is 1. The lowest BCUT2D eigenvalue weighted by molar-refractivity contribution is 0.554. The molecule has 0 unspecified atom stereocenters. The van der Waals surface area contributed by atoms with Crippen molar-refractivity contribution in [2.24, 2.45) is 0 Å². The molecule has 2 rings (SSSR count). The van der Waals surface area contributed by atoms with Crippen molar-refractivity contribution in [2.75, 3.05) is 0 Å². The Labute approximate surface area is 94.1 Å². The maximum absolute atomic E-state index is 6.16. The van der Waals surface area contributed by atoms with Gasteiger partial charge >= 0.3 is 0 Å². The maximum atomic E-state index is 6.16. The predicted molar refractivity (Wildman–Crippen MR) is 61.4 cm³/mol. The van der Waals surface area contributed by atoms with Crippen LogP contribution >= 0.6 is 11.6 Å². The zero-order valence-electron chi connectivity index (χ0n) is 9.37. The molecule has 0 saturated heterocycles. The van der Waals surface area contributed by atoms with Crippen molar-refractivity contribution in [3.8, 4) is 0 Å². The lowest BCUT2D eigenvalue weighted by Gasteiger charge is -2.17. The molecule has 15 heavy (non-hydrogen) atoms. The van der Waals surface area contributed by atoms with Gasteiger partial charge in [-0.1, -0.05) is 32.4 Å². The van der Waals surface area contributed by atoms with Gasteiger partial charge in [0, 0.05) is 5.41 Å². The monoisotopic (exact) mass is 223 g/mol. The SMILES string of the molecule is Cc1cn2nc(C(C)(C)C)cc(Cl)c2n1. The molecule has 0 amide bonds. The van der Waals surface area contributed by atoms with E-state index in [4.69, 9.17) is 11.6 Å². The highest BCUT2D eigenvalue weighted by atomic mass is 35.5. The molecule has 0 saturated carbocycles. The Morgan fingerprint density at radius 1 is 1.33 bits per heavy atom. The molecule has 0 fully saturated rings. The third-order valence-electron chi connectivity index (χ3n) is 2.27. The van der Waals surface area contributed by atoms with Crippen LogP contribution in [-0.2, 0) is 5.41 Å². The first kappa shape index (κ1) is 10.4. The van der Waals surface area contributed by atoms with Crippen LogP contribution in [0.5, 0.6) is 0 Å². The molecule has 0 N–H and O–H groups in total.